The topological polar surface area (TPSA) is 295 Å². The quantitative estimate of drug-likeness (QED) is 0.140. The van der Waals surface area contributed by atoms with Gasteiger partial charge >= 0.3 is 0 Å². The van der Waals surface area contributed by atoms with Gasteiger partial charge in [0.2, 0.25) is 0 Å². The van der Waals surface area contributed by atoms with Crippen molar-refractivity contribution in [2.24, 2.45) is 46.3 Å². The Kier molecular flexibility index (Phi) is 14.6. The highest BCUT2D eigenvalue weighted by Crippen LogP contribution is 2.71. The van der Waals surface area contributed by atoms with Gasteiger partial charge in [0.1, 0.15) is 73.2 Å². The molecule has 10 aliphatic rings. The van der Waals surface area contributed by atoms with E-state index < -0.39 is 147 Å². The summed E-state index contributed by atoms with van der Waals surface area (Å²) < 4.78 is 64.3. The van der Waals surface area contributed by atoms with E-state index in [4.69, 9.17) is 47.4 Å². The number of aliphatic hydroxyl groups is 10. The molecular formula is C50H80O20. The molecule has 3 saturated carbocycles. The third-order valence-corrected chi connectivity index (χ3v) is 19.4. The molecule has 1 spiro atoms. The van der Waals surface area contributed by atoms with E-state index in [1.54, 1.807) is 13.8 Å². The fraction of sp³-hybridized carbons (Fsp3) is 0.960. The molecule has 0 amide bonds. The first-order valence-electron chi connectivity index (χ1n) is 26.1. The van der Waals surface area contributed by atoms with E-state index in [0.717, 1.165) is 44.1 Å². The molecule has 20 heteroatoms. The molecule has 6 aliphatic heterocycles. The average molecular weight is 1000 g/mol. The van der Waals surface area contributed by atoms with Crippen LogP contribution in [0, 0.1) is 46.3 Å². The maximum absolute atomic E-state index is 11.9. The van der Waals surface area contributed by atoms with Crippen molar-refractivity contribution in [2.45, 2.75) is 241 Å². The van der Waals surface area contributed by atoms with E-state index in [1.807, 2.05) is 0 Å². The van der Waals surface area contributed by atoms with Gasteiger partial charge in [-0.1, -0.05) is 39.3 Å². The standard InChI is InChI=1S/C50H80O20/c1-19-10-13-50(62-17-19)20(2)32-30(70-50)16-28-26-9-8-24-14-25(66-45-40(59)37(56)33(52)21(3)63-45)15-31(49(24,7)27(26)11-12-48(28,32)6)67-47-43(69-46-41(60)38(57)34(53)22(4)64-46)42(35(54)23(5)65-47)68-44-39(58)36(55)29(51)18-61-44/h8,19-23,25-47,51-60H,9-18H2,1-7H3. The zero-order valence-corrected chi connectivity index (χ0v) is 41.4. The van der Waals surface area contributed by atoms with Crippen molar-refractivity contribution >= 4 is 0 Å². The van der Waals surface area contributed by atoms with E-state index >= 15 is 0 Å². The molecule has 9 fully saturated rings. The van der Waals surface area contributed by atoms with Gasteiger partial charge in [0.05, 0.1) is 49.8 Å². The Morgan fingerprint density at radius 1 is 0.586 bits per heavy atom. The Morgan fingerprint density at radius 2 is 1.20 bits per heavy atom. The van der Waals surface area contributed by atoms with Gasteiger partial charge in [0.15, 0.2) is 30.9 Å². The fourth-order valence-electron chi connectivity index (χ4n) is 15.2. The van der Waals surface area contributed by atoms with Gasteiger partial charge in [-0.25, -0.2) is 0 Å². The first-order chi connectivity index (χ1) is 33.1. The molecule has 6 saturated heterocycles. The lowest BCUT2D eigenvalue weighted by atomic mass is 9.46. The number of fused-ring (bicyclic) bond motifs is 7. The molecule has 0 aromatic rings. The lowest BCUT2D eigenvalue weighted by molar-refractivity contribution is -0.391. The predicted molar refractivity (Wildman–Crippen MR) is 239 cm³/mol. The molecule has 0 aromatic heterocycles. The highest BCUT2D eigenvalue weighted by molar-refractivity contribution is 5.29. The van der Waals surface area contributed by atoms with E-state index in [1.165, 1.54) is 6.92 Å². The van der Waals surface area contributed by atoms with Gasteiger partial charge < -0.3 is 98.4 Å². The minimum atomic E-state index is -1.79. The highest BCUT2D eigenvalue weighted by Gasteiger charge is 2.70. The monoisotopic (exact) mass is 1000 g/mol. The zero-order valence-electron chi connectivity index (χ0n) is 41.4. The van der Waals surface area contributed by atoms with Gasteiger partial charge in [-0.15, -0.1) is 0 Å². The highest BCUT2D eigenvalue weighted by atomic mass is 16.8. The summed E-state index contributed by atoms with van der Waals surface area (Å²) in [7, 11) is 0. The summed E-state index contributed by atoms with van der Waals surface area (Å²) in [5, 5.41) is 109. The van der Waals surface area contributed by atoms with Crippen LogP contribution in [0.4, 0.5) is 0 Å². The predicted octanol–water partition coefficient (Wildman–Crippen LogP) is -0.297. The van der Waals surface area contributed by atoms with Crippen LogP contribution in [-0.2, 0) is 47.4 Å². The molecule has 0 radical (unpaired) electrons. The van der Waals surface area contributed by atoms with Gasteiger partial charge in [-0.05, 0) is 94.3 Å². The second-order valence-corrected chi connectivity index (χ2v) is 23.5. The van der Waals surface area contributed by atoms with Crippen LogP contribution in [0.3, 0.4) is 0 Å². The van der Waals surface area contributed by atoms with Crippen LogP contribution in [0.15, 0.2) is 11.6 Å². The van der Waals surface area contributed by atoms with Crippen LogP contribution in [0.2, 0.25) is 0 Å². The molecule has 10 rings (SSSR count). The van der Waals surface area contributed by atoms with Gasteiger partial charge in [0, 0.05) is 24.2 Å². The molecule has 10 N–H and O–H groups in total. The van der Waals surface area contributed by atoms with Crippen molar-refractivity contribution < 1.29 is 98.4 Å². The van der Waals surface area contributed by atoms with Gasteiger partial charge in [0.25, 0.3) is 0 Å². The average Bonchev–Trinajstić information content (AvgIpc) is 3.78. The Labute approximate surface area is 409 Å². The fourth-order valence-corrected chi connectivity index (χ4v) is 15.2. The summed E-state index contributed by atoms with van der Waals surface area (Å²) in [5.41, 5.74) is 0.389. The Bertz CT molecular complexity index is 1870. The number of allylic oxidation sites excluding steroid dienone is 1. The zero-order chi connectivity index (χ0) is 50.1. The molecule has 0 bridgehead atoms. The lowest BCUT2D eigenvalue weighted by Crippen LogP contribution is -2.66. The van der Waals surface area contributed by atoms with Gasteiger partial charge in [-0.2, -0.15) is 0 Å². The molecule has 31 atom stereocenters. The van der Waals surface area contributed by atoms with Crippen molar-refractivity contribution in [2.75, 3.05) is 13.2 Å². The molecule has 400 valence electrons. The first kappa shape index (κ1) is 52.4. The number of rotatable bonds is 8. The minimum Gasteiger partial charge on any atom is -0.388 e. The summed E-state index contributed by atoms with van der Waals surface area (Å²) in [4.78, 5) is 0. The van der Waals surface area contributed by atoms with Crippen LogP contribution in [0.5, 0.6) is 0 Å². The van der Waals surface area contributed by atoms with Crippen LogP contribution in [0.1, 0.15) is 99.8 Å². The second-order valence-electron chi connectivity index (χ2n) is 23.5. The van der Waals surface area contributed by atoms with Crippen molar-refractivity contribution in [3.05, 3.63) is 11.6 Å². The number of hydrogen-bond donors (Lipinski definition) is 10. The normalized spacial score (nSPS) is 59.1. The van der Waals surface area contributed by atoms with E-state index in [-0.39, 0.29) is 35.7 Å². The minimum absolute atomic E-state index is 0.0108. The summed E-state index contributed by atoms with van der Waals surface area (Å²) in [6.45, 7) is 14.2. The number of aliphatic hydroxyl groups excluding tert-OH is 10. The summed E-state index contributed by atoms with van der Waals surface area (Å²) in [6.07, 6.45) is -20.2. The molecular weight excluding hydrogens is 921 g/mol. The second kappa shape index (κ2) is 19.5. The van der Waals surface area contributed by atoms with Gasteiger partial charge in [-0.3, -0.25) is 0 Å². The third kappa shape index (κ3) is 8.60. The molecule has 20 nitrogen and oxygen atoms in total. The van der Waals surface area contributed by atoms with Crippen LogP contribution in [0.25, 0.3) is 0 Å². The maximum Gasteiger partial charge on any atom is 0.187 e. The molecule has 70 heavy (non-hydrogen) atoms. The summed E-state index contributed by atoms with van der Waals surface area (Å²) >= 11 is 0. The maximum atomic E-state index is 11.9. The number of hydrogen-bond acceptors (Lipinski definition) is 20. The molecule has 4 aliphatic carbocycles. The summed E-state index contributed by atoms with van der Waals surface area (Å²) in [6, 6.07) is 0. The lowest BCUT2D eigenvalue weighted by Gasteiger charge is -2.61. The van der Waals surface area contributed by atoms with Crippen LogP contribution in [-0.4, -0.2) is 205 Å². The Balaban J connectivity index is 0.987. The molecule has 0 aromatic carbocycles. The third-order valence-electron chi connectivity index (χ3n) is 19.4. The SMILES string of the molecule is CC1CCC2(OC1)OC1CC3C4CC=C5CC(OC6OC(C)C(O)C(O)C6O)CC(OC6OC(C)C(O)C(OC7OCC(O)C(O)C7O)C6OC6OC(C)C(O)C(O)C6O)C5(C)C4CCC3(C)C1C2C. The first-order valence-corrected chi connectivity index (χ1v) is 26.1. The molecule has 6 heterocycles. The van der Waals surface area contributed by atoms with Crippen molar-refractivity contribution in [1.29, 1.82) is 0 Å². The van der Waals surface area contributed by atoms with Crippen LogP contribution < -0.4 is 0 Å². The van der Waals surface area contributed by atoms with E-state index in [9.17, 15) is 51.1 Å². The molecule has 31 unspecified atom stereocenters. The van der Waals surface area contributed by atoms with E-state index in [0.29, 0.717) is 30.8 Å². The smallest absolute Gasteiger partial charge is 0.187 e. The van der Waals surface area contributed by atoms with Crippen LogP contribution >= 0.6 is 0 Å². The van der Waals surface area contributed by atoms with Crippen molar-refractivity contribution in [3.8, 4) is 0 Å². The van der Waals surface area contributed by atoms with Crippen molar-refractivity contribution in [1.82, 2.24) is 0 Å². The Morgan fingerprint density at radius 3 is 1.86 bits per heavy atom. The summed E-state index contributed by atoms with van der Waals surface area (Å²) in [5.74, 6) is 1.16. The van der Waals surface area contributed by atoms with Crippen molar-refractivity contribution in [3.63, 3.8) is 0 Å². The largest absolute Gasteiger partial charge is 0.388 e. The number of ether oxygens (including phenoxy) is 10. The Hall–Kier alpha value is -1.06. The van der Waals surface area contributed by atoms with E-state index in [2.05, 4.69) is 33.8 Å².